The van der Waals surface area contributed by atoms with Crippen LogP contribution in [0.25, 0.3) is 38.7 Å². The van der Waals surface area contributed by atoms with Gasteiger partial charge in [-0.05, 0) is 35.4 Å². The van der Waals surface area contributed by atoms with E-state index in [0.717, 1.165) is 38.7 Å². The lowest BCUT2D eigenvalue weighted by atomic mass is 9.90. The highest BCUT2D eigenvalue weighted by Crippen LogP contribution is 2.41. The summed E-state index contributed by atoms with van der Waals surface area (Å²) < 4.78 is 1.78. The van der Waals surface area contributed by atoms with E-state index in [9.17, 15) is 4.79 Å². The number of nitrogens with zero attached hydrogens (tertiary/aromatic N) is 1. The van der Waals surface area contributed by atoms with Gasteiger partial charge in [-0.3, -0.25) is 9.20 Å². The smallest absolute Gasteiger partial charge is 0.255 e. The number of pyridine rings is 2. The highest BCUT2D eigenvalue weighted by atomic mass is 35.5. The van der Waals surface area contributed by atoms with Crippen LogP contribution in [0.2, 0.25) is 5.02 Å². The van der Waals surface area contributed by atoms with Gasteiger partial charge in [0.15, 0.2) is 0 Å². The average Bonchev–Trinajstić information content (AvgIpc) is 2.74. The molecule has 0 aliphatic carbocycles. The molecule has 28 heavy (non-hydrogen) atoms. The van der Waals surface area contributed by atoms with Gasteiger partial charge in [-0.1, -0.05) is 78.3 Å². The van der Waals surface area contributed by atoms with Crippen LogP contribution < -0.4 is 5.56 Å². The molecule has 5 aromatic rings. The van der Waals surface area contributed by atoms with E-state index in [1.165, 1.54) is 0 Å². The summed E-state index contributed by atoms with van der Waals surface area (Å²) in [6, 6.07) is 31.6. The van der Waals surface area contributed by atoms with Gasteiger partial charge in [0.1, 0.15) is 0 Å². The van der Waals surface area contributed by atoms with Gasteiger partial charge in [0.25, 0.3) is 5.56 Å². The lowest BCUT2D eigenvalue weighted by Crippen LogP contribution is -2.13. The molecule has 2 heterocycles. The van der Waals surface area contributed by atoms with Crippen molar-refractivity contribution in [2.45, 2.75) is 0 Å². The molecule has 0 N–H and O–H groups in total. The summed E-state index contributed by atoms with van der Waals surface area (Å²) in [4.78, 5) is 12.8. The lowest BCUT2D eigenvalue weighted by Gasteiger charge is -2.19. The van der Waals surface area contributed by atoms with Gasteiger partial charge < -0.3 is 0 Å². The second kappa shape index (κ2) is 6.66. The van der Waals surface area contributed by atoms with Gasteiger partial charge in [0, 0.05) is 27.6 Å². The van der Waals surface area contributed by atoms with Crippen LogP contribution >= 0.6 is 11.6 Å². The van der Waals surface area contributed by atoms with E-state index in [1.807, 2.05) is 66.7 Å². The Balaban J connectivity index is 2.11. The molecule has 0 fully saturated rings. The second-order valence-corrected chi connectivity index (χ2v) is 7.16. The van der Waals surface area contributed by atoms with Crippen molar-refractivity contribution in [1.82, 2.24) is 4.40 Å². The van der Waals surface area contributed by atoms with Gasteiger partial charge in [0.2, 0.25) is 0 Å². The quantitative estimate of drug-likeness (QED) is 0.322. The van der Waals surface area contributed by atoms with E-state index < -0.39 is 0 Å². The first-order valence-electron chi connectivity index (χ1n) is 9.12. The van der Waals surface area contributed by atoms with Crippen LogP contribution in [-0.4, -0.2) is 4.40 Å². The SMILES string of the molecule is O=c1cccc2c(-c3ccccc3)c(-c3ccccc3)c3cc(Cl)ccc3n12. The van der Waals surface area contributed by atoms with Crippen molar-refractivity contribution in [3.05, 3.63) is 112 Å². The lowest BCUT2D eigenvalue weighted by molar-refractivity contribution is 1.15. The number of hydrogen-bond acceptors (Lipinski definition) is 1. The Labute approximate surface area is 167 Å². The Hall–Kier alpha value is -3.36. The van der Waals surface area contributed by atoms with E-state index in [2.05, 4.69) is 24.3 Å². The zero-order valence-electron chi connectivity index (χ0n) is 15.0. The Bertz CT molecular complexity index is 1370. The van der Waals surface area contributed by atoms with Crippen LogP contribution in [0.15, 0.2) is 102 Å². The fraction of sp³-hybridized carbons (Fsp3) is 0. The maximum absolute atomic E-state index is 12.8. The Morgan fingerprint density at radius 1 is 0.607 bits per heavy atom. The maximum atomic E-state index is 12.8. The van der Waals surface area contributed by atoms with E-state index in [0.29, 0.717) is 5.02 Å². The molecule has 0 radical (unpaired) electrons. The standard InChI is InChI=1S/C25H16ClNO/c26-19-14-15-21-20(16-19)24(17-8-3-1-4-9-17)25(18-10-5-2-6-11-18)22-12-7-13-23(28)27(21)22/h1-16H. The molecule has 0 aliphatic heterocycles. The number of rotatable bonds is 2. The number of hydrogen-bond donors (Lipinski definition) is 0. The summed E-state index contributed by atoms with van der Waals surface area (Å²) in [6.07, 6.45) is 0. The molecule has 2 nitrogen and oxygen atoms in total. The molecule has 0 amide bonds. The second-order valence-electron chi connectivity index (χ2n) is 6.73. The molecule has 3 heteroatoms. The molecule has 0 aliphatic rings. The van der Waals surface area contributed by atoms with E-state index in [1.54, 1.807) is 10.5 Å². The summed E-state index contributed by atoms with van der Waals surface area (Å²) in [6.45, 7) is 0. The van der Waals surface area contributed by atoms with Crippen molar-refractivity contribution in [2.75, 3.05) is 0 Å². The fourth-order valence-corrected chi connectivity index (χ4v) is 4.07. The highest BCUT2D eigenvalue weighted by molar-refractivity contribution is 6.31. The van der Waals surface area contributed by atoms with Gasteiger partial charge in [-0.15, -0.1) is 0 Å². The van der Waals surface area contributed by atoms with Gasteiger partial charge in [0.05, 0.1) is 11.0 Å². The third kappa shape index (κ3) is 2.62. The number of benzene rings is 3. The average molecular weight is 382 g/mol. The molecule has 134 valence electrons. The highest BCUT2D eigenvalue weighted by Gasteiger charge is 2.18. The van der Waals surface area contributed by atoms with Crippen LogP contribution in [0, 0.1) is 0 Å². The Kier molecular flexibility index (Phi) is 4.00. The molecule has 3 aromatic carbocycles. The van der Waals surface area contributed by atoms with Crippen molar-refractivity contribution >= 4 is 28.0 Å². The van der Waals surface area contributed by atoms with Crippen molar-refractivity contribution < 1.29 is 0 Å². The third-order valence-corrected chi connectivity index (χ3v) is 5.29. The largest absolute Gasteiger partial charge is 0.276 e. The summed E-state index contributed by atoms with van der Waals surface area (Å²) in [7, 11) is 0. The first-order valence-corrected chi connectivity index (χ1v) is 9.50. The number of aromatic nitrogens is 1. The molecule has 0 saturated heterocycles. The van der Waals surface area contributed by atoms with E-state index in [4.69, 9.17) is 11.6 Å². The molecule has 0 bridgehead atoms. The molecular weight excluding hydrogens is 366 g/mol. The predicted octanol–water partition coefficient (Wildman–Crippen LogP) is 6.44. The van der Waals surface area contributed by atoms with E-state index >= 15 is 0 Å². The van der Waals surface area contributed by atoms with Crippen molar-refractivity contribution in [2.24, 2.45) is 0 Å². The predicted molar refractivity (Wildman–Crippen MR) is 117 cm³/mol. The van der Waals surface area contributed by atoms with Crippen molar-refractivity contribution in [3.8, 4) is 22.3 Å². The topological polar surface area (TPSA) is 21.5 Å². The summed E-state index contributed by atoms with van der Waals surface area (Å²) in [5.41, 5.74) is 5.94. The molecule has 2 aromatic heterocycles. The van der Waals surface area contributed by atoms with E-state index in [-0.39, 0.29) is 5.56 Å². The Morgan fingerprint density at radius 3 is 1.93 bits per heavy atom. The summed E-state index contributed by atoms with van der Waals surface area (Å²) in [5.74, 6) is 0. The minimum atomic E-state index is -0.0541. The van der Waals surface area contributed by atoms with Crippen molar-refractivity contribution in [3.63, 3.8) is 0 Å². The number of halogens is 1. The Morgan fingerprint density at radius 2 is 1.25 bits per heavy atom. The van der Waals surface area contributed by atoms with Gasteiger partial charge >= 0.3 is 0 Å². The first-order chi connectivity index (χ1) is 13.7. The van der Waals surface area contributed by atoms with Crippen molar-refractivity contribution in [1.29, 1.82) is 0 Å². The molecule has 0 saturated carbocycles. The zero-order chi connectivity index (χ0) is 19.1. The minimum absolute atomic E-state index is 0.0541. The number of fused-ring (bicyclic) bond motifs is 3. The molecular formula is C25H16ClNO. The first kappa shape index (κ1) is 16.8. The van der Waals surface area contributed by atoms with Gasteiger partial charge in [-0.2, -0.15) is 0 Å². The van der Waals surface area contributed by atoms with Crippen LogP contribution in [0.3, 0.4) is 0 Å². The fourth-order valence-electron chi connectivity index (χ4n) is 3.90. The molecule has 0 spiro atoms. The van der Waals surface area contributed by atoms with Crippen LogP contribution in [0.5, 0.6) is 0 Å². The third-order valence-electron chi connectivity index (χ3n) is 5.05. The minimum Gasteiger partial charge on any atom is -0.276 e. The molecule has 0 atom stereocenters. The summed E-state index contributed by atoms with van der Waals surface area (Å²) >= 11 is 6.38. The van der Waals surface area contributed by atoms with Crippen LogP contribution in [0.4, 0.5) is 0 Å². The zero-order valence-corrected chi connectivity index (χ0v) is 15.7. The molecule has 5 rings (SSSR count). The normalized spacial score (nSPS) is 11.2. The van der Waals surface area contributed by atoms with Crippen LogP contribution in [-0.2, 0) is 0 Å². The monoisotopic (exact) mass is 381 g/mol. The summed E-state index contributed by atoms with van der Waals surface area (Å²) in [5, 5.41) is 1.60. The maximum Gasteiger partial charge on any atom is 0.255 e. The van der Waals surface area contributed by atoms with Crippen LogP contribution in [0.1, 0.15) is 0 Å². The van der Waals surface area contributed by atoms with Gasteiger partial charge in [-0.25, -0.2) is 0 Å². The molecule has 0 unspecified atom stereocenters.